The molecule has 0 aliphatic rings. The highest BCUT2D eigenvalue weighted by atomic mass is 79.9. The summed E-state index contributed by atoms with van der Waals surface area (Å²) >= 11 is 9.21. The van der Waals surface area contributed by atoms with Gasteiger partial charge in [-0.05, 0) is 28.9 Å². The van der Waals surface area contributed by atoms with Crippen LogP contribution in [0.1, 0.15) is 5.82 Å². The van der Waals surface area contributed by atoms with Crippen molar-refractivity contribution >= 4 is 27.5 Å². The predicted octanol–water partition coefficient (Wildman–Crippen LogP) is 3.26. The first-order valence-electron chi connectivity index (χ1n) is 4.27. The average molecular weight is 285 g/mol. The summed E-state index contributed by atoms with van der Waals surface area (Å²) in [6.45, 7) is 1.81. The van der Waals surface area contributed by atoms with Crippen molar-refractivity contribution in [2.24, 2.45) is 0 Å². The molecule has 0 spiro atoms. The lowest BCUT2D eigenvalue weighted by Crippen LogP contribution is -1.92. The third-order valence-electron chi connectivity index (χ3n) is 1.81. The summed E-state index contributed by atoms with van der Waals surface area (Å²) in [6.07, 6.45) is 3.46. The highest BCUT2D eigenvalue weighted by molar-refractivity contribution is 9.10. The Bertz CT molecular complexity index is 482. The second kappa shape index (κ2) is 4.24. The number of aryl methyl sites for hydroxylation is 1. The van der Waals surface area contributed by atoms with Crippen molar-refractivity contribution in [2.45, 2.75) is 6.92 Å². The number of halogens is 2. The van der Waals surface area contributed by atoms with E-state index in [-0.39, 0.29) is 0 Å². The maximum absolute atomic E-state index is 5.86. The average Bonchev–Trinajstić information content (AvgIpc) is 2.16. The minimum absolute atomic E-state index is 0.442. The van der Waals surface area contributed by atoms with Gasteiger partial charge in [-0.3, -0.25) is 4.98 Å². The molecular weight excluding hydrogens is 277 g/mol. The van der Waals surface area contributed by atoms with Crippen LogP contribution in [0.2, 0.25) is 5.15 Å². The number of hydrogen-bond acceptors (Lipinski definition) is 3. The molecule has 0 aliphatic carbocycles. The van der Waals surface area contributed by atoms with Crippen LogP contribution in [0.5, 0.6) is 0 Å². The molecule has 5 heteroatoms. The maximum Gasteiger partial charge on any atom is 0.133 e. The minimum Gasteiger partial charge on any atom is -0.263 e. The number of hydrogen-bond donors (Lipinski definition) is 0. The Balaban J connectivity index is 2.54. The van der Waals surface area contributed by atoms with Gasteiger partial charge in [0.25, 0.3) is 0 Å². The number of rotatable bonds is 1. The standard InChI is InChI=1S/C10H7BrClN3/c1-6-14-9(3-10(12)15-6)7-2-8(11)5-13-4-7/h2-5H,1H3. The van der Waals surface area contributed by atoms with E-state index < -0.39 is 0 Å². The van der Waals surface area contributed by atoms with Crippen molar-refractivity contribution in [3.8, 4) is 11.3 Å². The Kier molecular flexibility index (Phi) is 2.98. The summed E-state index contributed by atoms with van der Waals surface area (Å²) < 4.78 is 0.910. The van der Waals surface area contributed by atoms with Crippen molar-refractivity contribution in [1.29, 1.82) is 0 Å². The molecule has 76 valence electrons. The second-order valence-electron chi connectivity index (χ2n) is 3.01. The van der Waals surface area contributed by atoms with Crippen LogP contribution < -0.4 is 0 Å². The van der Waals surface area contributed by atoms with Crippen molar-refractivity contribution in [3.05, 3.63) is 40.0 Å². The van der Waals surface area contributed by atoms with E-state index in [2.05, 4.69) is 30.9 Å². The van der Waals surface area contributed by atoms with E-state index in [1.54, 1.807) is 25.4 Å². The van der Waals surface area contributed by atoms with Crippen LogP contribution in [0, 0.1) is 6.92 Å². The Hall–Kier alpha value is -1.00. The molecule has 2 aromatic heterocycles. The fourth-order valence-electron chi connectivity index (χ4n) is 1.23. The van der Waals surface area contributed by atoms with Gasteiger partial charge in [-0.25, -0.2) is 9.97 Å². The van der Waals surface area contributed by atoms with Crippen LogP contribution >= 0.6 is 27.5 Å². The van der Waals surface area contributed by atoms with Crippen molar-refractivity contribution in [3.63, 3.8) is 0 Å². The number of pyridine rings is 1. The molecule has 0 bridgehead atoms. The summed E-state index contributed by atoms with van der Waals surface area (Å²) in [5, 5.41) is 0.442. The summed E-state index contributed by atoms with van der Waals surface area (Å²) in [5.41, 5.74) is 1.69. The zero-order valence-electron chi connectivity index (χ0n) is 7.91. The van der Waals surface area contributed by atoms with Gasteiger partial charge in [-0.1, -0.05) is 11.6 Å². The van der Waals surface area contributed by atoms with Crippen molar-refractivity contribution in [1.82, 2.24) is 15.0 Å². The lowest BCUT2D eigenvalue weighted by molar-refractivity contribution is 1.06. The lowest BCUT2D eigenvalue weighted by atomic mass is 10.2. The van der Waals surface area contributed by atoms with Crippen molar-refractivity contribution < 1.29 is 0 Å². The van der Waals surface area contributed by atoms with Crippen LogP contribution in [-0.2, 0) is 0 Å². The zero-order valence-corrected chi connectivity index (χ0v) is 10.2. The van der Waals surface area contributed by atoms with E-state index >= 15 is 0 Å². The fourth-order valence-corrected chi connectivity index (χ4v) is 1.82. The van der Waals surface area contributed by atoms with Gasteiger partial charge in [-0.15, -0.1) is 0 Å². The Morgan fingerprint density at radius 1 is 1.20 bits per heavy atom. The molecule has 0 saturated carbocycles. The molecule has 2 aromatic rings. The lowest BCUT2D eigenvalue weighted by Gasteiger charge is -2.02. The third-order valence-corrected chi connectivity index (χ3v) is 2.43. The molecule has 0 atom stereocenters. The van der Waals surface area contributed by atoms with Gasteiger partial charge < -0.3 is 0 Å². The van der Waals surface area contributed by atoms with Crippen LogP contribution in [0.15, 0.2) is 29.0 Å². The largest absolute Gasteiger partial charge is 0.263 e. The number of aromatic nitrogens is 3. The molecule has 0 fully saturated rings. The summed E-state index contributed by atoms with van der Waals surface area (Å²) in [4.78, 5) is 12.4. The van der Waals surface area contributed by atoms with E-state index in [4.69, 9.17) is 11.6 Å². The highest BCUT2D eigenvalue weighted by Crippen LogP contribution is 2.21. The summed E-state index contributed by atoms with van der Waals surface area (Å²) in [5.74, 6) is 0.650. The molecule has 0 N–H and O–H groups in total. The van der Waals surface area contributed by atoms with E-state index in [0.29, 0.717) is 11.0 Å². The van der Waals surface area contributed by atoms with Gasteiger partial charge in [-0.2, -0.15) is 0 Å². The molecule has 0 aliphatic heterocycles. The number of nitrogens with zero attached hydrogens (tertiary/aromatic N) is 3. The summed E-state index contributed by atoms with van der Waals surface area (Å²) in [7, 11) is 0. The molecule has 0 amide bonds. The quantitative estimate of drug-likeness (QED) is 0.755. The van der Waals surface area contributed by atoms with E-state index in [1.807, 2.05) is 6.07 Å². The van der Waals surface area contributed by atoms with E-state index in [9.17, 15) is 0 Å². The van der Waals surface area contributed by atoms with Gasteiger partial charge >= 0.3 is 0 Å². The van der Waals surface area contributed by atoms with Gasteiger partial charge in [0.1, 0.15) is 11.0 Å². The van der Waals surface area contributed by atoms with Crippen LogP contribution in [0.4, 0.5) is 0 Å². The third kappa shape index (κ3) is 2.52. The molecule has 15 heavy (non-hydrogen) atoms. The molecular formula is C10H7BrClN3. The Labute approximate surface area is 101 Å². The normalized spacial score (nSPS) is 10.3. The molecule has 0 unspecified atom stereocenters. The Morgan fingerprint density at radius 3 is 2.67 bits per heavy atom. The molecule has 0 radical (unpaired) electrons. The highest BCUT2D eigenvalue weighted by Gasteiger charge is 2.03. The maximum atomic E-state index is 5.86. The first-order valence-corrected chi connectivity index (χ1v) is 5.44. The van der Waals surface area contributed by atoms with E-state index in [0.717, 1.165) is 15.7 Å². The van der Waals surface area contributed by atoms with Crippen molar-refractivity contribution in [2.75, 3.05) is 0 Å². The van der Waals surface area contributed by atoms with Crippen LogP contribution in [0.3, 0.4) is 0 Å². The molecule has 2 heterocycles. The van der Waals surface area contributed by atoms with Crippen LogP contribution in [0.25, 0.3) is 11.3 Å². The molecule has 0 saturated heterocycles. The first-order chi connectivity index (χ1) is 7.15. The van der Waals surface area contributed by atoms with Gasteiger partial charge in [0.2, 0.25) is 0 Å². The minimum atomic E-state index is 0.442. The second-order valence-corrected chi connectivity index (χ2v) is 4.32. The van der Waals surface area contributed by atoms with Gasteiger partial charge in [0, 0.05) is 28.5 Å². The van der Waals surface area contributed by atoms with E-state index in [1.165, 1.54) is 0 Å². The van der Waals surface area contributed by atoms with Gasteiger partial charge in [0.15, 0.2) is 0 Å². The first kappa shape index (κ1) is 10.5. The van der Waals surface area contributed by atoms with Gasteiger partial charge in [0.05, 0.1) is 5.69 Å². The van der Waals surface area contributed by atoms with Crippen LogP contribution in [-0.4, -0.2) is 15.0 Å². The SMILES string of the molecule is Cc1nc(Cl)cc(-c2cncc(Br)c2)n1. The predicted molar refractivity (Wildman–Crippen MR) is 62.7 cm³/mol. The zero-order chi connectivity index (χ0) is 10.8. The Morgan fingerprint density at radius 2 is 2.00 bits per heavy atom. The molecule has 2 rings (SSSR count). The topological polar surface area (TPSA) is 38.7 Å². The molecule has 3 nitrogen and oxygen atoms in total. The summed E-state index contributed by atoms with van der Waals surface area (Å²) in [6, 6.07) is 3.66. The fraction of sp³-hybridized carbons (Fsp3) is 0.100. The smallest absolute Gasteiger partial charge is 0.133 e. The molecule has 0 aromatic carbocycles. The monoisotopic (exact) mass is 283 g/mol.